The van der Waals surface area contributed by atoms with E-state index in [0.29, 0.717) is 11.2 Å². The van der Waals surface area contributed by atoms with Crippen LogP contribution in [0.4, 0.5) is 11.4 Å². The first-order valence-corrected chi connectivity index (χ1v) is 26.2. The van der Waals surface area contributed by atoms with Gasteiger partial charge in [-0.15, -0.1) is 0 Å². The largest absolute Gasteiger partial charge is 0.464 e. The molecule has 0 fully saturated rings. The zero-order chi connectivity index (χ0) is 55.3. The van der Waals surface area contributed by atoms with Crippen molar-refractivity contribution in [3.63, 3.8) is 0 Å². The molecule has 0 N–H and O–H groups in total. The van der Waals surface area contributed by atoms with Crippen molar-refractivity contribution in [3.8, 4) is 22.3 Å². The first-order valence-electron chi connectivity index (χ1n) is 26.2. The number of hydrogen-bond acceptors (Lipinski definition) is 3. The minimum atomic E-state index is -0.396. The van der Waals surface area contributed by atoms with Gasteiger partial charge in [-0.3, -0.25) is 0 Å². The van der Waals surface area contributed by atoms with E-state index >= 15 is 0 Å². The molecule has 386 valence electrons. The lowest BCUT2D eigenvalue weighted by Crippen LogP contribution is -2.21. The highest BCUT2D eigenvalue weighted by Gasteiger charge is 2.31. The van der Waals surface area contributed by atoms with E-state index in [1.165, 1.54) is 0 Å². The van der Waals surface area contributed by atoms with Crippen LogP contribution in [0.2, 0.25) is 0 Å². The summed E-state index contributed by atoms with van der Waals surface area (Å²) in [7, 11) is 0. The van der Waals surface area contributed by atoms with Gasteiger partial charge in [0.25, 0.3) is 0 Å². The molecule has 9 rings (SSSR count). The fourth-order valence-electron chi connectivity index (χ4n) is 9.85. The molecule has 0 amide bonds. The van der Waals surface area contributed by atoms with Gasteiger partial charge in [-0.2, -0.15) is 0 Å². The highest BCUT2D eigenvalue weighted by atomic mass is 16.3. The Morgan fingerprint density at radius 2 is 1.20 bits per heavy atom. The Bertz CT molecular complexity index is 3940. The van der Waals surface area contributed by atoms with E-state index in [1.807, 2.05) is 97.2 Å². The van der Waals surface area contributed by atoms with Gasteiger partial charge in [0.1, 0.15) is 16.8 Å². The lowest BCUT2D eigenvalue weighted by Gasteiger charge is -2.26. The summed E-state index contributed by atoms with van der Waals surface area (Å²) < 4.78 is 14.6. The number of anilines is 2. The van der Waals surface area contributed by atoms with Crippen molar-refractivity contribution in [1.29, 1.82) is 0 Å². The summed E-state index contributed by atoms with van der Waals surface area (Å²) in [6.45, 7) is 34.9. The topological polar surface area (TPSA) is 34.5 Å². The van der Waals surface area contributed by atoms with Crippen LogP contribution in [0, 0.1) is 5.41 Å². The molecule has 0 unspecified atom stereocenters. The fraction of sp³-hybridized carbons (Fsp3) is 0.0400. The van der Waals surface area contributed by atoms with Crippen molar-refractivity contribution in [2.75, 3.05) is 4.90 Å². The van der Waals surface area contributed by atoms with Crippen LogP contribution >= 0.6 is 0 Å². The van der Waals surface area contributed by atoms with Gasteiger partial charge in [0.15, 0.2) is 0 Å². The van der Waals surface area contributed by atoms with Crippen LogP contribution in [0.1, 0.15) is 47.6 Å². The van der Waals surface area contributed by atoms with Crippen LogP contribution in [0.15, 0.2) is 302 Å². The maximum atomic E-state index is 6.34. The monoisotopic (exact) mass is 1020 g/mol. The Kier molecular flexibility index (Phi) is 16.8. The summed E-state index contributed by atoms with van der Waals surface area (Å²) in [5.74, 6) is 0.632. The summed E-state index contributed by atoms with van der Waals surface area (Å²) in [6, 6.07) is 62.3. The van der Waals surface area contributed by atoms with Crippen molar-refractivity contribution < 1.29 is 8.83 Å². The number of furan rings is 1. The number of aromatic nitrogens is 1. The molecule has 1 aliphatic rings. The Morgan fingerprint density at radius 1 is 0.595 bits per heavy atom. The number of para-hydroxylation sites is 1. The van der Waals surface area contributed by atoms with E-state index in [4.69, 9.17) is 22.0 Å². The fourth-order valence-corrected chi connectivity index (χ4v) is 9.85. The summed E-state index contributed by atoms with van der Waals surface area (Å²) in [5.41, 5.74) is 16.4. The van der Waals surface area contributed by atoms with Crippen molar-refractivity contribution in [3.05, 3.63) is 338 Å². The first kappa shape index (κ1) is 53.7. The third kappa shape index (κ3) is 12.3. The average Bonchev–Trinajstić information content (AvgIpc) is 4.04. The summed E-state index contributed by atoms with van der Waals surface area (Å²) in [5, 5.41) is 1.82. The molecule has 3 heterocycles. The molecule has 0 bridgehead atoms. The molecular formula is C75H64N2O2. The molecule has 4 heteroatoms. The molecule has 4 nitrogen and oxygen atoms in total. The minimum absolute atomic E-state index is 0.396. The van der Waals surface area contributed by atoms with Gasteiger partial charge in [0.2, 0.25) is 0 Å². The van der Waals surface area contributed by atoms with Crippen LogP contribution in [-0.4, -0.2) is 4.57 Å². The zero-order valence-corrected chi connectivity index (χ0v) is 45.1. The summed E-state index contributed by atoms with van der Waals surface area (Å²) in [4.78, 5) is 2.19. The molecule has 0 radical (unpaired) electrons. The van der Waals surface area contributed by atoms with E-state index in [9.17, 15) is 0 Å². The van der Waals surface area contributed by atoms with Crippen molar-refractivity contribution in [2.45, 2.75) is 13.8 Å². The Morgan fingerprint density at radius 3 is 1.84 bits per heavy atom. The van der Waals surface area contributed by atoms with Crippen LogP contribution in [-0.2, 0) is 0 Å². The number of fused-ring (bicyclic) bond motifs is 1. The van der Waals surface area contributed by atoms with Crippen molar-refractivity contribution >= 4 is 70.6 Å². The van der Waals surface area contributed by atoms with Gasteiger partial charge >= 0.3 is 0 Å². The summed E-state index contributed by atoms with van der Waals surface area (Å²) in [6.07, 6.45) is 27.5. The second-order valence-corrected chi connectivity index (χ2v) is 19.5. The zero-order valence-electron chi connectivity index (χ0n) is 45.1. The number of allylic oxidation sites excluding steroid dienone is 9. The van der Waals surface area contributed by atoms with E-state index in [2.05, 4.69) is 202 Å². The quantitative estimate of drug-likeness (QED) is 0.0905. The van der Waals surface area contributed by atoms with E-state index in [-0.39, 0.29) is 0 Å². The van der Waals surface area contributed by atoms with E-state index < -0.39 is 5.41 Å². The second kappa shape index (κ2) is 24.7. The van der Waals surface area contributed by atoms with Crippen LogP contribution < -0.4 is 15.5 Å². The molecule has 79 heavy (non-hydrogen) atoms. The maximum absolute atomic E-state index is 6.34. The van der Waals surface area contributed by atoms with Crippen LogP contribution in [0.3, 0.4) is 0 Å². The van der Waals surface area contributed by atoms with Crippen molar-refractivity contribution in [2.24, 2.45) is 5.41 Å². The summed E-state index contributed by atoms with van der Waals surface area (Å²) >= 11 is 0. The SMILES string of the molecule is C=CC=c1c(C=C)c(C=C)oc1=Cc1cccn(C(=C)C=C2C(=C)C(C=CC(=C)N(c3ccc(-c4ccccc4)cc3)c3ccc(-c4ccccc4)cc3)=CC2(C)C)c(C=C)c(C=Cc2cccc3ccccccoc23)cc1. The molecule has 5 aromatic carbocycles. The third-order valence-corrected chi connectivity index (χ3v) is 13.8. The van der Waals surface area contributed by atoms with Crippen LogP contribution in [0.25, 0.3) is 81.5 Å². The molecule has 0 spiro atoms. The predicted molar refractivity (Wildman–Crippen MR) is 340 cm³/mol. The minimum Gasteiger partial charge on any atom is -0.464 e. The number of rotatable bonds is 16. The molecule has 1 aliphatic carbocycles. The van der Waals surface area contributed by atoms with Gasteiger partial charge in [-0.25, -0.2) is 0 Å². The van der Waals surface area contributed by atoms with Gasteiger partial charge in [0, 0.05) is 56.1 Å². The predicted octanol–water partition coefficient (Wildman–Crippen LogP) is 19.1. The van der Waals surface area contributed by atoms with E-state index in [1.54, 1.807) is 24.5 Å². The third-order valence-electron chi connectivity index (χ3n) is 13.8. The van der Waals surface area contributed by atoms with Gasteiger partial charge in [-0.05, 0) is 117 Å². The van der Waals surface area contributed by atoms with Crippen molar-refractivity contribution in [1.82, 2.24) is 4.57 Å². The smallest absolute Gasteiger partial charge is 0.140 e. The van der Waals surface area contributed by atoms with Gasteiger partial charge < -0.3 is 18.3 Å². The second-order valence-electron chi connectivity index (χ2n) is 19.5. The van der Waals surface area contributed by atoms with Crippen LogP contribution in [0.5, 0.6) is 0 Å². The Balaban J connectivity index is 1.09. The molecule has 0 aliphatic heterocycles. The maximum Gasteiger partial charge on any atom is 0.140 e. The van der Waals surface area contributed by atoms with Gasteiger partial charge in [-0.1, -0.05) is 248 Å². The molecule has 0 atom stereocenters. The normalized spacial score (nSPS) is 13.8. The molecule has 0 saturated carbocycles. The lowest BCUT2D eigenvalue weighted by molar-refractivity contribution is 0.521. The number of nitrogens with zero attached hydrogens (tertiary/aromatic N) is 2. The first-order chi connectivity index (χ1) is 38.5. The molecule has 8 aromatic rings. The number of benzene rings is 5. The molecule has 0 saturated heterocycles. The Labute approximate surface area is 465 Å². The number of hydrogen-bond donors (Lipinski definition) is 0. The Hall–Kier alpha value is -10.2. The molecular weight excluding hydrogens is 961 g/mol. The lowest BCUT2D eigenvalue weighted by atomic mass is 9.85. The van der Waals surface area contributed by atoms with Gasteiger partial charge in [0.05, 0.1) is 12.0 Å². The highest BCUT2D eigenvalue weighted by Crippen LogP contribution is 2.45. The van der Waals surface area contributed by atoms with E-state index in [0.717, 1.165) is 106 Å². The average molecular weight is 1030 g/mol. The highest BCUT2D eigenvalue weighted by molar-refractivity contribution is 5.89. The molecule has 3 aromatic heterocycles. The standard InChI is InChI=1S/C75H64N2O2/c1-10-26-69-68(11-2)72(13-4)79-73(69)52-57-27-25-49-76(71(12-3)62(38-36-57)39-40-64-34-24-33-63-32-18-14-15-23-50-78-74(63)64)55(6)51-70-56(7)65(53-75(70,8)9)37-35-54(5)77(66-45-41-60(42-46-66)58-28-19-16-20-29-58)67-47-43-61(44-48-67)59-30-21-17-22-31-59/h10-53H,1-7H2,8-9H3.